The number of nitrogens with two attached hydrogens (primary N) is 4. The Balaban J connectivity index is 3.42. The second kappa shape index (κ2) is 47.7. The Morgan fingerprint density at radius 2 is 0.905 bits per heavy atom. The number of carboxylic acid groups (broad SMARTS) is 1. The highest BCUT2D eigenvalue weighted by Crippen LogP contribution is 2.14. The first-order valence-corrected chi connectivity index (χ1v) is 32.0. The molecule has 1 aromatic rings. The molecule has 0 radical (unpaired) electrons. The number of guanidine groups is 2. The van der Waals surface area contributed by atoms with Gasteiger partial charge in [0.15, 0.2) is 11.9 Å². The van der Waals surface area contributed by atoms with Crippen LogP contribution in [0.4, 0.5) is 0 Å². The van der Waals surface area contributed by atoms with Crippen molar-refractivity contribution in [1.82, 2.24) is 68.5 Å². The number of nitrogens with zero attached hydrogens (tertiary/aromatic N) is 2. The summed E-state index contributed by atoms with van der Waals surface area (Å²) in [6.07, 6.45) is 12.7. The third kappa shape index (κ3) is 36.2. The van der Waals surface area contributed by atoms with Gasteiger partial charge >= 0.3 is 5.97 Å². The molecule has 0 saturated carbocycles. The minimum atomic E-state index is -1.99. The summed E-state index contributed by atoms with van der Waals surface area (Å²) in [4.78, 5) is 178. The topological polar surface area (TPSA) is 628 Å². The van der Waals surface area contributed by atoms with Crippen LogP contribution in [0.25, 0.3) is 0 Å². The molecule has 1 heterocycles. The van der Waals surface area contributed by atoms with E-state index in [4.69, 9.17) is 38.9 Å². The standard InChI is InChI=1S/C58H102N20O17/c1-4-5-6-7-8-9-10-11-12-13-14-15-16-21-44(83)69-40(28-35-29-65-32-68-35)52(90)71-37(19-17-26-66-57(61)62)49(87)72-39(22-24-43(59)82)51(89)77-47(34(3)81)56(94)73-38(20-18-27-67-58(63)64)50(88)74-41(30-79)53(91)75-42(31-80)54(92)76-46(33(2)78-95)55(93)70-36(48(60)86)23-25-45(84)85/h29,32-34,36-42,46-47,79-81H,4-28,30-31H2,1-3H3,(H2,59,82)(H2,60,86)(H,65,68)(H,69,83)(H,70,93)(H,71,90)(H,72,87)(H,73,94)(H,74,88)(H,75,91)(H,76,92)(H,77,89)(H,84,85)(H4,61,62,66)(H4,63,64,67)/t33-,34-,36+,37+,38+,39+,40+,41+,42+,46+,47+/m1/s1. The van der Waals surface area contributed by atoms with E-state index in [2.05, 4.69) is 75.2 Å². The van der Waals surface area contributed by atoms with Crippen LogP contribution in [0.3, 0.4) is 0 Å². The number of carboxylic acids is 1. The zero-order valence-corrected chi connectivity index (χ0v) is 54.4. The Hall–Kier alpha value is -9.13. The predicted molar refractivity (Wildman–Crippen MR) is 344 cm³/mol. The van der Waals surface area contributed by atoms with Gasteiger partial charge in [-0.2, -0.15) is 4.91 Å². The smallest absolute Gasteiger partial charge is 0.303 e. The third-order valence-corrected chi connectivity index (χ3v) is 14.9. The molecule has 11 atom stereocenters. The maximum Gasteiger partial charge on any atom is 0.303 e. The first kappa shape index (κ1) is 83.9. The second-order valence-corrected chi connectivity index (χ2v) is 23.0. The van der Waals surface area contributed by atoms with Crippen molar-refractivity contribution in [3.63, 3.8) is 0 Å². The fraction of sp³-hybridized carbons (Fsp3) is 0.707. The monoisotopic (exact) mass is 1350 g/mol. The molecule has 0 aliphatic rings. The van der Waals surface area contributed by atoms with Crippen molar-refractivity contribution < 1.29 is 78.0 Å². The number of primary amides is 2. The predicted octanol–water partition coefficient (Wildman–Crippen LogP) is -4.54. The molecule has 0 bridgehead atoms. The molecule has 11 amide bonds. The molecule has 26 N–H and O–H groups in total. The van der Waals surface area contributed by atoms with E-state index in [1.54, 1.807) is 0 Å². The number of carbonyl (C=O) groups is 12. The van der Waals surface area contributed by atoms with Crippen LogP contribution in [0, 0.1) is 15.7 Å². The van der Waals surface area contributed by atoms with Crippen molar-refractivity contribution in [3.8, 4) is 0 Å². The Morgan fingerprint density at radius 3 is 1.34 bits per heavy atom. The highest BCUT2D eigenvalue weighted by Gasteiger charge is 2.38. The van der Waals surface area contributed by atoms with Crippen LogP contribution < -0.4 is 81.4 Å². The molecule has 0 aromatic carbocycles. The van der Waals surface area contributed by atoms with E-state index < -0.39 is 188 Å². The number of aromatic nitrogens is 2. The minimum absolute atomic E-state index is 0.0384. The number of unbranched alkanes of at least 4 members (excludes halogenated alkanes) is 12. The SMILES string of the molecule is CCCCCCCCCCCCCCCC(=O)N[C@@H](Cc1c[nH]cn1)C(=O)N[C@@H](CCCNC(=N)N)C(=O)N[C@@H](CCC(N)=O)C(=O)N[C@H](C(=O)N[C@@H](CCCNC(=N)N)C(=O)N[C@@H](CO)C(=O)N[C@@H](CO)C(=O)N[C@H](C(=O)N[C@@H](CCC(=O)O)C(N)=O)[C@@H](C)N=O)[C@@H](C)O. The molecule has 1 aromatic heterocycles. The number of rotatable bonds is 53. The molecule has 0 saturated heterocycles. The Kier molecular flexibility index (Phi) is 42.1. The molecule has 536 valence electrons. The fourth-order valence-corrected chi connectivity index (χ4v) is 9.48. The van der Waals surface area contributed by atoms with Crippen LogP contribution in [0.2, 0.25) is 0 Å². The van der Waals surface area contributed by atoms with E-state index >= 15 is 0 Å². The highest BCUT2D eigenvalue weighted by atomic mass is 16.4. The summed E-state index contributed by atoms with van der Waals surface area (Å²) < 4.78 is 0. The minimum Gasteiger partial charge on any atom is -0.481 e. The quantitative estimate of drug-likeness (QED) is 0.0126. The number of nitrogens with one attached hydrogen (secondary N) is 14. The summed E-state index contributed by atoms with van der Waals surface area (Å²) in [5.74, 6) is -14.2. The molecule has 0 spiro atoms. The largest absolute Gasteiger partial charge is 0.481 e. The number of carbonyl (C=O) groups excluding carboxylic acids is 11. The molecule has 0 aliphatic carbocycles. The van der Waals surface area contributed by atoms with Gasteiger partial charge in [-0.3, -0.25) is 68.4 Å². The third-order valence-electron chi connectivity index (χ3n) is 14.9. The highest BCUT2D eigenvalue weighted by molar-refractivity contribution is 5.99. The molecule has 0 unspecified atom stereocenters. The van der Waals surface area contributed by atoms with Gasteiger partial charge in [-0.05, 0) is 58.8 Å². The average molecular weight is 1350 g/mol. The lowest BCUT2D eigenvalue weighted by Gasteiger charge is -2.28. The Morgan fingerprint density at radius 1 is 0.505 bits per heavy atom. The molecule has 0 fully saturated rings. The molecule has 37 heteroatoms. The van der Waals surface area contributed by atoms with Crippen LogP contribution in [0.15, 0.2) is 17.7 Å². The van der Waals surface area contributed by atoms with Gasteiger partial charge < -0.3 is 107 Å². The van der Waals surface area contributed by atoms with E-state index in [9.17, 15) is 77.8 Å². The van der Waals surface area contributed by atoms with Gasteiger partial charge in [-0.15, -0.1) is 0 Å². The van der Waals surface area contributed by atoms with E-state index in [0.717, 1.165) is 46.0 Å². The number of nitroso groups, excluding NO2 is 1. The van der Waals surface area contributed by atoms with Crippen LogP contribution in [0.1, 0.15) is 168 Å². The number of imidazole rings is 1. The maximum atomic E-state index is 14.3. The number of aliphatic hydroxyl groups excluding tert-OH is 3. The van der Waals surface area contributed by atoms with Crippen molar-refractivity contribution in [3.05, 3.63) is 23.1 Å². The number of H-pyrrole nitrogens is 1. The molecule has 95 heavy (non-hydrogen) atoms. The van der Waals surface area contributed by atoms with Gasteiger partial charge in [0.2, 0.25) is 65.0 Å². The van der Waals surface area contributed by atoms with Crippen molar-refractivity contribution >= 4 is 82.9 Å². The van der Waals surface area contributed by atoms with Crippen LogP contribution >= 0.6 is 0 Å². The van der Waals surface area contributed by atoms with Crippen molar-refractivity contribution in [2.75, 3.05) is 26.3 Å². The molecule has 0 aliphatic heterocycles. The van der Waals surface area contributed by atoms with E-state index in [1.807, 2.05) is 5.32 Å². The normalized spacial score (nSPS) is 14.5. The Labute approximate surface area is 551 Å². The fourth-order valence-electron chi connectivity index (χ4n) is 9.48. The van der Waals surface area contributed by atoms with Gasteiger partial charge in [0, 0.05) is 45.0 Å². The van der Waals surface area contributed by atoms with Gasteiger partial charge in [0.1, 0.15) is 60.4 Å². The van der Waals surface area contributed by atoms with Crippen LogP contribution in [-0.4, -0.2) is 206 Å². The van der Waals surface area contributed by atoms with Crippen molar-refractivity contribution in [2.45, 2.75) is 235 Å². The first-order chi connectivity index (χ1) is 45.1. The van der Waals surface area contributed by atoms with Crippen molar-refractivity contribution in [1.29, 1.82) is 10.8 Å². The zero-order chi connectivity index (χ0) is 71.4. The molecule has 1 rings (SSSR count). The number of amides is 11. The van der Waals surface area contributed by atoms with Crippen LogP contribution in [0.5, 0.6) is 0 Å². The summed E-state index contributed by atoms with van der Waals surface area (Å²) in [5.41, 5.74) is 22.0. The first-order valence-electron chi connectivity index (χ1n) is 32.0. The lowest BCUT2D eigenvalue weighted by atomic mass is 10.0. The summed E-state index contributed by atoms with van der Waals surface area (Å²) >= 11 is 0. The lowest BCUT2D eigenvalue weighted by Crippen LogP contribution is -2.63. The second-order valence-electron chi connectivity index (χ2n) is 23.0. The summed E-state index contributed by atoms with van der Waals surface area (Å²) in [5, 5.41) is 84.1. The van der Waals surface area contributed by atoms with Gasteiger partial charge in [-0.1, -0.05) is 89.2 Å². The summed E-state index contributed by atoms with van der Waals surface area (Å²) in [6.45, 7) is 1.86. The number of aliphatic carboxylic acids is 1. The molecular weight excluding hydrogens is 1250 g/mol. The molecule has 37 nitrogen and oxygen atoms in total. The molecular formula is C58H102N20O17. The lowest BCUT2D eigenvalue weighted by molar-refractivity contribution is -0.138. The zero-order valence-electron chi connectivity index (χ0n) is 54.4. The van der Waals surface area contributed by atoms with E-state index in [-0.39, 0.29) is 51.6 Å². The number of aliphatic hydroxyl groups is 3. The number of aromatic amines is 1. The number of hydrogen-bond acceptors (Lipinski definition) is 20. The number of hydrogen-bond donors (Lipinski definition) is 22. The maximum absolute atomic E-state index is 14.3. The van der Waals surface area contributed by atoms with Crippen LogP contribution in [-0.2, 0) is 64.0 Å². The van der Waals surface area contributed by atoms with Gasteiger partial charge in [0.05, 0.1) is 31.3 Å². The Bertz CT molecular complexity index is 2640. The van der Waals surface area contributed by atoms with E-state index in [0.29, 0.717) is 12.1 Å². The summed E-state index contributed by atoms with van der Waals surface area (Å²) in [6, 6.07) is -17.2. The van der Waals surface area contributed by atoms with Gasteiger partial charge in [-0.25, -0.2) is 4.98 Å². The van der Waals surface area contributed by atoms with Gasteiger partial charge in [0.25, 0.3) is 0 Å². The van der Waals surface area contributed by atoms with E-state index in [1.165, 1.54) is 57.5 Å². The summed E-state index contributed by atoms with van der Waals surface area (Å²) in [7, 11) is 0. The average Bonchev–Trinajstić information content (AvgIpc) is 1.08. The van der Waals surface area contributed by atoms with Crippen molar-refractivity contribution in [2.24, 2.45) is 28.1 Å².